The van der Waals surface area contributed by atoms with Crippen LogP contribution in [0, 0.1) is 0 Å². The third-order valence-electron chi connectivity index (χ3n) is 5.42. The molecule has 0 fully saturated rings. The quantitative estimate of drug-likeness (QED) is 0.485. The van der Waals surface area contributed by atoms with Gasteiger partial charge in [-0.2, -0.15) is 13.2 Å². The second-order valence-corrected chi connectivity index (χ2v) is 7.65. The summed E-state index contributed by atoms with van der Waals surface area (Å²) in [6.45, 7) is 0. The van der Waals surface area contributed by atoms with Crippen molar-refractivity contribution in [1.82, 2.24) is 10.3 Å². The van der Waals surface area contributed by atoms with Gasteiger partial charge in [-0.15, -0.1) is 0 Å². The molecule has 1 atom stereocenters. The van der Waals surface area contributed by atoms with Crippen molar-refractivity contribution in [3.8, 4) is 0 Å². The second kappa shape index (κ2) is 8.90. The van der Waals surface area contributed by atoms with Gasteiger partial charge in [0.05, 0.1) is 11.1 Å². The molecule has 1 amide bonds. The molecule has 1 aliphatic carbocycles. The normalized spacial score (nSPS) is 16.4. The zero-order valence-corrected chi connectivity index (χ0v) is 17.5. The summed E-state index contributed by atoms with van der Waals surface area (Å²) in [6.07, 6.45) is -0.432. The van der Waals surface area contributed by atoms with E-state index in [1.165, 1.54) is 0 Å². The summed E-state index contributed by atoms with van der Waals surface area (Å²) >= 11 is 0. The minimum atomic E-state index is -4.54. The Labute approximate surface area is 183 Å². The molecule has 4 rings (SSSR count). The van der Waals surface area contributed by atoms with Crippen molar-refractivity contribution in [2.75, 3.05) is 17.7 Å². The van der Waals surface area contributed by atoms with E-state index < -0.39 is 11.9 Å². The lowest BCUT2D eigenvalue weighted by atomic mass is 9.99. The molecule has 0 radical (unpaired) electrons. The van der Waals surface area contributed by atoms with Gasteiger partial charge >= 0.3 is 6.18 Å². The number of aromatic nitrogens is 1. The third kappa shape index (κ3) is 4.69. The van der Waals surface area contributed by atoms with E-state index in [1.54, 1.807) is 43.4 Å². The summed E-state index contributed by atoms with van der Waals surface area (Å²) in [7, 11) is 1.75. The molecule has 0 unspecified atom stereocenters. The Morgan fingerprint density at radius 1 is 1.06 bits per heavy atom. The lowest BCUT2D eigenvalue weighted by Gasteiger charge is -2.24. The van der Waals surface area contributed by atoms with Gasteiger partial charge < -0.3 is 16.0 Å². The van der Waals surface area contributed by atoms with Crippen LogP contribution >= 0.6 is 0 Å². The molecule has 3 N–H and O–H groups in total. The highest BCUT2D eigenvalue weighted by molar-refractivity contribution is 5.99. The number of hydrogen-bond acceptors (Lipinski definition) is 4. The first-order valence-electron chi connectivity index (χ1n) is 10.4. The van der Waals surface area contributed by atoms with Gasteiger partial charge in [-0.05, 0) is 49.6 Å². The number of anilines is 2. The van der Waals surface area contributed by atoms with Gasteiger partial charge in [0.2, 0.25) is 0 Å². The largest absolute Gasteiger partial charge is 0.433 e. The summed E-state index contributed by atoms with van der Waals surface area (Å²) in [4.78, 5) is 16.5. The average molecular weight is 440 g/mol. The molecule has 0 spiro atoms. The van der Waals surface area contributed by atoms with Crippen molar-refractivity contribution in [1.29, 1.82) is 0 Å². The van der Waals surface area contributed by atoms with Crippen molar-refractivity contribution < 1.29 is 18.0 Å². The van der Waals surface area contributed by atoms with E-state index in [9.17, 15) is 18.0 Å². The fourth-order valence-electron chi connectivity index (χ4n) is 3.88. The van der Waals surface area contributed by atoms with Gasteiger partial charge in [0.15, 0.2) is 0 Å². The number of carbonyl (C=O) groups excluding carboxylic acids is 1. The predicted octanol–water partition coefficient (Wildman–Crippen LogP) is 5.57. The topological polar surface area (TPSA) is 66.1 Å². The van der Waals surface area contributed by atoms with Crippen molar-refractivity contribution in [3.63, 3.8) is 0 Å². The Bertz CT molecular complexity index is 1170. The summed E-state index contributed by atoms with van der Waals surface area (Å²) < 4.78 is 40.0. The number of hydrogen-bond donors (Lipinski definition) is 3. The van der Waals surface area contributed by atoms with Crippen molar-refractivity contribution in [2.24, 2.45) is 0 Å². The first kappa shape index (κ1) is 21.7. The Morgan fingerprint density at radius 2 is 1.81 bits per heavy atom. The highest BCUT2D eigenvalue weighted by Crippen LogP contribution is 2.34. The molecule has 8 heteroatoms. The Morgan fingerprint density at radius 3 is 2.59 bits per heavy atom. The van der Waals surface area contributed by atoms with Crippen LogP contribution in [0.3, 0.4) is 0 Å². The zero-order valence-electron chi connectivity index (χ0n) is 17.5. The predicted molar refractivity (Wildman–Crippen MR) is 120 cm³/mol. The van der Waals surface area contributed by atoms with E-state index in [-0.39, 0.29) is 17.5 Å². The van der Waals surface area contributed by atoms with E-state index in [0.717, 1.165) is 30.3 Å². The fraction of sp³-hybridized carbons (Fsp3) is 0.250. The van der Waals surface area contributed by atoms with Crippen LogP contribution in [-0.4, -0.2) is 24.0 Å². The number of rotatable bonds is 5. The Balaban J connectivity index is 1.58. The Kier molecular flexibility index (Phi) is 6.03. The van der Waals surface area contributed by atoms with Crippen LogP contribution in [0.4, 0.5) is 24.5 Å². The van der Waals surface area contributed by atoms with Crippen molar-refractivity contribution >= 4 is 28.2 Å². The number of amides is 1. The maximum atomic E-state index is 13.3. The summed E-state index contributed by atoms with van der Waals surface area (Å²) in [5, 5.41) is 9.78. The fourth-order valence-corrected chi connectivity index (χ4v) is 3.88. The molecule has 32 heavy (non-hydrogen) atoms. The molecule has 0 saturated heterocycles. The van der Waals surface area contributed by atoms with Crippen LogP contribution in [0.1, 0.15) is 35.3 Å². The number of allylic oxidation sites excluding steroid dienone is 1. The minimum absolute atomic E-state index is 0.203. The third-order valence-corrected chi connectivity index (χ3v) is 5.42. The summed E-state index contributed by atoms with van der Waals surface area (Å²) in [6, 6.07) is 14.8. The van der Waals surface area contributed by atoms with E-state index in [1.807, 2.05) is 18.2 Å². The molecule has 0 saturated carbocycles. The molecule has 1 aromatic heterocycles. The van der Waals surface area contributed by atoms with Crippen molar-refractivity contribution in [2.45, 2.75) is 31.5 Å². The number of nitrogens with one attached hydrogen (secondary N) is 3. The van der Waals surface area contributed by atoms with Gasteiger partial charge in [0.25, 0.3) is 5.91 Å². The molecule has 166 valence electrons. The maximum absolute atomic E-state index is 13.3. The number of alkyl halides is 3. The molecule has 0 aliphatic heterocycles. The first-order valence-corrected chi connectivity index (χ1v) is 10.4. The molecule has 2 aromatic carbocycles. The van der Waals surface area contributed by atoms with Crippen LogP contribution in [0.2, 0.25) is 0 Å². The van der Waals surface area contributed by atoms with E-state index in [0.29, 0.717) is 23.1 Å². The number of halogens is 3. The molecule has 5 nitrogen and oxygen atoms in total. The standard InChI is InChI=1S/C24H23F3N4O/c1-28-19-11-4-3-10-18(19)23(32)30-16-8-6-7-15(13-16)29-21-14-22(24(25,26)27)31-20-12-5-2-9-17(20)21/h2-5,9-14,16,28H,6-8H2,1H3,(H,29,31)(H,30,32)/t16-/m1/s1. The van der Waals surface area contributed by atoms with Crippen LogP contribution in [0.25, 0.3) is 10.9 Å². The van der Waals surface area contributed by atoms with Crippen LogP contribution in [-0.2, 0) is 6.18 Å². The number of carbonyl (C=O) groups is 1. The van der Waals surface area contributed by atoms with Gasteiger partial charge in [-0.25, -0.2) is 4.98 Å². The van der Waals surface area contributed by atoms with E-state index >= 15 is 0 Å². The Hall–Kier alpha value is -3.55. The SMILES string of the molecule is CNc1ccccc1C(=O)N[C@H]1C=C(Nc2cc(C(F)(F)F)nc3ccccc23)CCC1. The molecule has 3 aromatic rings. The monoisotopic (exact) mass is 440 g/mol. The number of pyridine rings is 1. The van der Waals surface area contributed by atoms with Gasteiger partial charge in [-0.3, -0.25) is 4.79 Å². The molecular formula is C24H23F3N4O. The second-order valence-electron chi connectivity index (χ2n) is 7.65. The first-order chi connectivity index (χ1) is 15.3. The van der Waals surface area contributed by atoms with Crippen LogP contribution in [0.15, 0.2) is 66.4 Å². The van der Waals surface area contributed by atoms with Crippen LogP contribution < -0.4 is 16.0 Å². The number of nitrogens with zero attached hydrogens (tertiary/aromatic N) is 1. The molecular weight excluding hydrogens is 417 g/mol. The minimum Gasteiger partial charge on any atom is -0.387 e. The maximum Gasteiger partial charge on any atom is 0.433 e. The number of fused-ring (bicyclic) bond motifs is 1. The number of para-hydroxylation sites is 2. The average Bonchev–Trinajstić information content (AvgIpc) is 2.78. The summed E-state index contributed by atoms with van der Waals surface area (Å²) in [5.74, 6) is -0.203. The van der Waals surface area contributed by atoms with Gasteiger partial charge in [0.1, 0.15) is 5.69 Å². The highest BCUT2D eigenvalue weighted by Gasteiger charge is 2.33. The molecule has 1 heterocycles. The number of benzene rings is 2. The van der Waals surface area contributed by atoms with Crippen molar-refractivity contribution in [3.05, 3.63) is 77.6 Å². The lowest BCUT2D eigenvalue weighted by Crippen LogP contribution is -2.35. The molecule has 1 aliphatic rings. The highest BCUT2D eigenvalue weighted by atomic mass is 19.4. The van der Waals surface area contributed by atoms with Gasteiger partial charge in [-0.1, -0.05) is 30.3 Å². The van der Waals surface area contributed by atoms with Gasteiger partial charge in [0, 0.05) is 35.5 Å². The zero-order chi connectivity index (χ0) is 22.7. The summed E-state index contributed by atoms with van der Waals surface area (Å²) in [5.41, 5.74) is 1.72. The van der Waals surface area contributed by atoms with Crippen LogP contribution in [0.5, 0.6) is 0 Å². The van der Waals surface area contributed by atoms with E-state index in [4.69, 9.17) is 0 Å². The lowest BCUT2D eigenvalue weighted by molar-refractivity contribution is -0.140. The molecule has 0 bridgehead atoms. The van der Waals surface area contributed by atoms with E-state index in [2.05, 4.69) is 20.9 Å². The smallest absolute Gasteiger partial charge is 0.387 e.